The van der Waals surface area contributed by atoms with E-state index in [9.17, 15) is 4.79 Å². The van der Waals surface area contributed by atoms with Gasteiger partial charge in [0.05, 0.1) is 16.4 Å². The van der Waals surface area contributed by atoms with E-state index in [2.05, 4.69) is 9.97 Å². The van der Waals surface area contributed by atoms with Crippen LogP contribution in [0.1, 0.15) is 16.5 Å². The molecule has 1 heterocycles. The van der Waals surface area contributed by atoms with Crippen molar-refractivity contribution in [1.29, 1.82) is 0 Å². The Hall–Kier alpha value is -1.42. The second-order valence-corrected chi connectivity index (χ2v) is 5.63. The molecule has 0 radical (unpaired) electrons. The summed E-state index contributed by atoms with van der Waals surface area (Å²) in [7, 11) is 0. The number of aromatic nitrogens is 2. The van der Waals surface area contributed by atoms with Gasteiger partial charge in [-0.25, -0.2) is 4.79 Å². The van der Waals surface area contributed by atoms with Crippen molar-refractivity contribution in [3.05, 3.63) is 68.1 Å². The van der Waals surface area contributed by atoms with Crippen LogP contribution in [0.15, 0.2) is 41.2 Å². The molecule has 0 aliphatic carbocycles. The Morgan fingerprint density at radius 3 is 2.30 bits per heavy atom. The fourth-order valence-corrected chi connectivity index (χ4v) is 3.23. The van der Waals surface area contributed by atoms with Gasteiger partial charge < -0.3 is 9.97 Å². The molecule has 0 amide bonds. The average Bonchev–Trinajstić information content (AvgIpc) is 2.77. The molecule has 3 aromatic rings. The van der Waals surface area contributed by atoms with Crippen LogP contribution in [0.5, 0.6) is 0 Å². The molecule has 102 valence electrons. The van der Waals surface area contributed by atoms with Crippen molar-refractivity contribution in [2.24, 2.45) is 0 Å². The van der Waals surface area contributed by atoms with Gasteiger partial charge in [-0.15, -0.1) is 11.6 Å². The maximum absolute atomic E-state index is 11.3. The predicted molar refractivity (Wildman–Crippen MR) is 83.1 cm³/mol. The number of nitrogens with one attached hydrogen (secondary N) is 2. The summed E-state index contributed by atoms with van der Waals surface area (Å²) >= 11 is 18.8. The first-order chi connectivity index (χ1) is 9.56. The molecule has 1 atom stereocenters. The van der Waals surface area contributed by atoms with Crippen LogP contribution >= 0.6 is 34.8 Å². The van der Waals surface area contributed by atoms with Crippen molar-refractivity contribution < 1.29 is 0 Å². The fraction of sp³-hybridized carbons (Fsp3) is 0.0714. The van der Waals surface area contributed by atoms with Gasteiger partial charge in [0.25, 0.3) is 0 Å². The molecule has 3 nitrogen and oxygen atoms in total. The Labute approximate surface area is 129 Å². The summed E-state index contributed by atoms with van der Waals surface area (Å²) in [6.07, 6.45) is 0. The van der Waals surface area contributed by atoms with Gasteiger partial charge in [0, 0.05) is 15.6 Å². The zero-order chi connectivity index (χ0) is 14.3. The highest BCUT2D eigenvalue weighted by Crippen LogP contribution is 2.38. The maximum Gasteiger partial charge on any atom is 0.323 e. The first-order valence-electron chi connectivity index (χ1n) is 5.86. The van der Waals surface area contributed by atoms with Crippen molar-refractivity contribution in [3.8, 4) is 0 Å². The maximum atomic E-state index is 11.3. The third-order valence-corrected chi connectivity index (χ3v) is 4.22. The van der Waals surface area contributed by atoms with Crippen LogP contribution in [0.4, 0.5) is 0 Å². The van der Waals surface area contributed by atoms with Crippen LogP contribution in [-0.2, 0) is 0 Å². The van der Waals surface area contributed by atoms with E-state index in [1.165, 1.54) is 0 Å². The van der Waals surface area contributed by atoms with E-state index in [4.69, 9.17) is 34.8 Å². The van der Waals surface area contributed by atoms with E-state index in [0.29, 0.717) is 21.1 Å². The number of rotatable bonds is 2. The summed E-state index contributed by atoms with van der Waals surface area (Å²) in [4.78, 5) is 16.6. The van der Waals surface area contributed by atoms with Crippen molar-refractivity contribution in [2.45, 2.75) is 5.38 Å². The first kappa shape index (κ1) is 13.6. The van der Waals surface area contributed by atoms with Gasteiger partial charge in [-0.1, -0.05) is 35.3 Å². The lowest BCUT2D eigenvalue weighted by Gasteiger charge is -2.14. The summed E-state index contributed by atoms with van der Waals surface area (Å²) in [5.74, 6) is 0. The number of benzene rings is 2. The normalized spacial score (nSPS) is 12.8. The van der Waals surface area contributed by atoms with Crippen LogP contribution in [-0.4, -0.2) is 9.97 Å². The summed E-state index contributed by atoms with van der Waals surface area (Å²) in [6, 6.07) is 10.7. The van der Waals surface area contributed by atoms with Crippen LogP contribution < -0.4 is 5.69 Å². The Morgan fingerprint density at radius 2 is 1.60 bits per heavy atom. The molecular formula is C14H9Cl3N2O. The van der Waals surface area contributed by atoms with Crippen molar-refractivity contribution >= 4 is 45.8 Å². The fourth-order valence-electron chi connectivity index (χ4n) is 2.13. The smallest absolute Gasteiger partial charge is 0.306 e. The van der Waals surface area contributed by atoms with Gasteiger partial charge in [-0.2, -0.15) is 0 Å². The van der Waals surface area contributed by atoms with E-state index in [1.807, 2.05) is 12.1 Å². The highest BCUT2D eigenvalue weighted by Gasteiger charge is 2.18. The Balaban J connectivity index is 2.12. The van der Waals surface area contributed by atoms with E-state index < -0.39 is 5.38 Å². The van der Waals surface area contributed by atoms with Gasteiger partial charge >= 0.3 is 5.69 Å². The van der Waals surface area contributed by atoms with Crippen LogP contribution in [0.25, 0.3) is 11.0 Å². The zero-order valence-electron chi connectivity index (χ0n) is 10.1. The van der Waals surface area contributed by atoms with E-state index in [1.54, 1.807) is 24.3 Å². The lowest BCUT2D eigenvalue weighted by molar-refractivity contribution is 1.14. The average molecular weight is 328 g/mol. The number of aromatic amines is 2. The molecule has 3 rings (SSSR count). The van der Waals surface area contributed by atoms with Gasteiger partial charge in [0.15, 0.2) is 0 Å². The van der Waals surface area contributed by atoms with Crippen LogP contribution in [0, 0.1) is 0 Å². The topological polar surface area (TPSA) is 48.6 Å². The quantitative estimate of drug-likeness (QED) is 0.669. The Bertz CT molecular complexity index is 818. The first-order valence-corrected chi connectivity index (χ1v) is 7.05. The number of halogens is 3. The van der Waals surface area contributed by atoms with Crippen molar-refractivity contribution in [1.82, 2.24) is 9.97 Å². The molecule has 0 aliphatic rings. The van der Waals surface area contributed by atoms with E-state index in [0.717, 1.165) is 11.1 Å². The minimum atomic E-state index is -0.487. The Morgan fingerprint density at radius 1 is 0.950 bits per heavy atom. The largest absolute Gasteiger partial charge is 0.323 e. The number of alkyl halides is 1. The lowest BCUT2D eigenvalue weighted by atomic mass is 10.0. The molecule has 2 aromatic carbocycles. The highest BCUT2D eigenvalue weighted by atomic mass is 35.5. The molecular weight excluding hydrogens is 319 g/mol. The number of hydrogen-bond acceptors (Lipinski definition) is 1. The standard InChI is InChI=1S/C14H9Cl3N2O/c15-8-2-1-3-9(16)12(8)13(17)7-4-5-10-11(6-7)19-14(20)18-10/h1-6,13H,(H2,18,19,20). The molecule has 2 N–H and O–H groups in total. The van der Waals surface area contributed by atoms with Gasteiger partial charge in [0.2, 0.25) is 0 Å². The molecule has 0 spiro atoms. The van der Waals surface area contributed by atoms with E-state index >= 15 is 0 Å². The summed E-state index contributed by atoms with van der Waals surface area (Å²) in [5.41, 5.74) is 2.65. The molecule has 1 unspecified atom stereocenters. The minimum Gasteiger partial charge on any atom is -0.306 e. The molecule has 6 heteroatoms. The van der Waals surface area contributed by atoms with Crippen LogP contribution in [0.3, 0.4) is 0 Å². The number of hydrogen-bond donors (Lipinski definition) is 2. The van der Waals surface area contributed by atoms with Gasteiger partial charge in [0.1, 0.15) is 0 Å². The molecule has 0 aliphatic heterocycles. The third kappa shape index (κ3) is 2.33. The van der Waals surface area contributed by atoms with Crippen LogP contribution in [0.2, 0.25) is 10.0 Å². The molecule has 0 fully saturated rings. The second kappa shape index (κ2) is 5.17. The summed E-state index contributed by atoms with van der Waals surface area (Å²) in [6.45, 7) is 0. The Kier molecular flexibility index (Phi) is 3.50. The SMILES string of the molecule is O=c1[nH]c2ccc(C(Cl)c3c(Cl)cccc3Cl)cc2[nH]1. The lowest BCUT2D eigenvalue weighted by Crippen LogP contribution is -1.99. The third-order valence-electron chi connectivity index (χ3n) is 3.09. The van der Waals surface area contributed by atoms with Crippen molar-refractivity contribution in [2.75, 3.05) is 0 Å². The minimum absolute atomic E-state index is 0.251. The monoisotopic (exact) mass is 326 g/mol. The number of fused-ring (bicyclic) bond motifs is 1. The number of imidazole rings is 1. The second-order valence-electron chi connectivity index (χ2n) is 4.38. The van der Waals surface area contributed by atoms with Gasteiger partial charge in [-0.05, 0) is 29.8 Å². The summed E-state index contributed by atoms with van der Waals surface area (Å²) in [5, 5.41) is 0.541. The predicted octanol–water partition coefficient (Wildman–Crippen LogP) is 4.49. The number of H-pyrrole nitrogens is 2. The van der Waals surface area contributed by atoms with E-state index in [-0.39, 0.29) is 5.69 Å². The molecule has 1 aromatic heterocycles. The molecule has 0 saturated carbocycles. The summed E-state index contributed by atoms with van der Waals surface area (Å²) < 4.78 is 0. The van der Waals surface area contributed by atoms with Gasteiger partial charge in [-0.3, -0.25) is 0 Å². The highest BCUT2D eigenvalue weighted by molar-refractivity contribution is 6.38. The zero-order valence-corrected chi connectivity index (χ0v) is 12.4. The molecule has 0 saturated heterocycles. The molecule has 0 bridgehead atoms. The van der Waals surface area contributed by atoms with Crippen molar-refractivity contribution in [3.63, 3.8) is 0 Å². The molecule has 20 heavy (non-hydrogen) atoms.